The normalized spacial score (nSPS) is 12.8. The number of hydrogen-bond donors (Lipinski definition) is 3. The topological polar surface area (TPSA) is 94.8 Å². The summed E-state index contributed by atoms with van der Waals surface area (Å²) in [6.07, 6.45) is -0.471. The van der Waals surface area contributed by atoms with Crippen molar-refractivity contribution in [3.05, 3.63) is 33.0 Å². The molecular formula is C13H19N4O3S+. The molecule has 0 fully saturated rings. The summed E-state index contributed by atoms with van der Waals surface area (Å²) in [5.74, 6) is 0.481. The number of imidazole rings is 1. The zero-order valence-electron chi connectivity index (χ0n) is 12.3. The lowest BCUT2D eigenvalue weighted by Gasteiger charge is -2.02. The lowest BCUT2D eigenvalue weighted by molar-refractivity contribution is -0.701. The molecule has 0 bridgehead atoms. The SMILES string of the molecule is C=C(C)C[n+]1c(SCC(C)O)[nH]c2c1c(=O)[nH]c(=O)n2C. The second kappa shape index (κ2) is 5.90. The van der Waals surface area contributed by atoms with E-state index in [2.05, 4.69) is 16.5 Å². The Morgan fingerprint density at radius 1 is 1.48 bits per heavy atom. The fourth-order valence-corrected chi connectivity index (χ4v) is 2.89. The molecule has 0 amide bonds. The minimum absolute atomic E-state index is 0.396. The number of allylic oxidation sites excluding steroid dienone is 1. The Morgan fingerprint density at radius 3 is 2.71 bits per heavy atom. The van der Waals surface area contributed by atoms with E-state index in [0.29, 0.717) is 28.6 Å². The van der Waals surface area contributed by atoms with Gasteiger partial charge in [-0.1, -0.05) is 6.58 Å². The van der Waals surface area contributed by atoms with Crippen LogP contribution in [0.3, 0.4) is 0 Å². The van der Waals surface area contributed by atoms with E-state index in [1.54, 1.807) is 18.5 Å². The molecule has 0 aliphatic carbocycles. The van der Waals surface area contributed by atoms with Gasteiger partial charge in [-0.3, -0.25) is 14.3 Å². The van der Waals surface area contributed by atoms with Gasteiger partial charge in [-0.15, -0.1) is 0 Å². The van der Waals surface area contributed by atoms with Crippen LogP contribution in [0.15, 0.2) is 26.9 Å². The highest BCUT2D eigenvalue weighted by molar-refractivity contribution is 7.99. The standard InChI is InChI=1S/C13H18N4O3S/c1-7(2)5-17-9-10(14-13(17)21-6-8(3)18)16(4)12(20)15-11(9)19/h8,18H,1,5-6H2,2-4H3,(H,15,19,20)/p+1. The Hall–Kier alpha value is -1.80. The molecule has 0 aromatic carbocycles. The molecule has 2 heterocycles. The van der Waals surface area contributed by atoms with Crippen molar-refractivity contribution >= 4 is 22.9 Å². The zero-order valence-corrected chi connectivity index (χ0v) is 13.1. The molecule has 2 aromatic rings. The van der Waals surface area contributed by atoms with Crippen LogP contribution in [0.5, 0.6) is 0 Å². The van der Waals surface area contributed by atoms with Crippen molar-refractivity contribution in [1.29, 1.82) is 0 Å². The number of nitrogens with one attached hydrogen (secondary N) is 2. The van der Waals surface area contributed by atoms with Gasteiger partial charge in [0.15, 0.2) is 0 Å². The molecule has 21 heavy (non-hydrogen) atoms. The van der Waals surface area contributed by atoms with Crippen LogP contribution in [0.25, 0.3) is 11.2 Å². The molecule has 114 valence electrons. The number of aryl methyl sites for hydroxylation is 1. The average Bonchev–Trinajstić information content (AvgIpc) is 2.72. The fourth-order valence-electron chi connectivity index (χ4n) is 2.01. The third-order valence-corrected chi connectivity index (χ3v) is 4.17. The third kappa shape index (κ3) is 3.11. The van der Waals surface area contributed by atoms with Crippen LogP contribution < -0.4 is 15.8 Å². The van der Waals surface area contributed by atoms with Gasteiger partial charge in [-0.2, -0.15) is 0 Å². The first-order valence-corrected chi connectivity index (χ1v) is 7.50. The van der Waals surface area contributed by atoms with Crippen molar-refractivity contribution in [1.82, 2.24) is 14.5 Å². The molecule has 0 spiro atoms. The van der Waals surface area contributed by atoms with E-state index in [1.165, 1.54) is 16.3 Å². The third-order valence-electron chi connectivity index (χ3n) is 2.93. The molecule has 0 radical (unpaired) electrons. The summed E-state index contributed by atoms with van der Waals surface area (Å²) >= 11 is 1.39. The van der Waals surface area contributed by atoms with Gasteiger partial charge in [-0.05, 0) is 31.2 Å². The number of thioether (sulfide) groups is 1. The highest BCUT2D eigenvalue weighted by Crippen LogP contribution is 2.16. The molecule has 2 rings (SSSR count). The highest BCUT2D eigenvalue weighted by atomic mass is 32.2. The number of hydrogen-bond acceptors (Lipinski definition) is 4. The zero-order chi connectivity index (χ0) is 15.7. The molecule has 0 aliphatic heterocycles. The van der Waals surface area contributed by atoms with E-state index < -0.39 is 17.4 Å². The number of aliphatic hydroxyl groups excluding tert-OH is 1. The maximum atomic E-state index is 12.1. The predicted octanol–water partition coefficient (Wildman–Crippen LogP) is -0.109. The maximum Gasteiger partial charge on any atom is 0.331 e. The minimum atomic E-state index is -0.471. The smallest absolute Gasteiger partial charge is 0.331 e. The molecule has 1 unspecified atom stereocenters. The Bertz CT molecular complexity index is 800. The predicted molar refractivity (Wildman–Crippen MR) is 81.6 cm³/mol. The number of aromatic nitrogens is 4. The van der Waals surface area contributed by atoms with Crippen LogP contribution in [0, 0.1) is 0 Å². The maximum absolute atomic E-state index is 12.1. The Labute approximate surface area is 125 Å². The number of H-pyrrole nitrogens is 2. The summed E-state index contributed by atoms with van der Waals surface area (Å²) in [4.78, 5) is 29.2. The van der Waals surface area contributed by atoms with Gasteiger partial charge < -0.3 is 5.11 Å². The number of rotatable bonds is 5. The number of fused-ring (bicyclic) bond motifs is 1. The Balaban J connectivity index is 2.69. The van der Waals surface area contributed by atoms with E-state index in [9.17, 15) is 14.7 Å². The largest absolute Gasteiger partial charge is 0.393 e. The molecule has 1 atom stereocenters. The van der Waals surface area contributed by atoms with E-state index in [-0.39, 0.29) is 0 Å². The molecule has 0 aliphatic rings. The number of nitrogens with zero attached hydrogens (tertiary/aromatic N) is 2. The highest BCUT2D eigenvalue weighted by Gasteiger charge is 2.25. The van der Waals surface area contributed by atoms with Crippen LogP contribution in [0.1, 0.15) is 13.8 Å². The lowest BCUT2D eigenvalue weighted by Crippen LogP contribution is -2.41. The second-order valence-electron chi connectivity index (χ2n) is 5.15. The van der Waals surface area contributed by atoms with Gasteiger partial charge in [0.05, 0.1) is 6.10 Å². The monoisotopic (exact) mass is 311 g/mol. The number of aliphatic hydroxyl groups is 1. The van der Waals surface area contributed by atoms with Crippen LogP contribution in [-0.4, -0.2) is 31.5 Å². The van der Waals surface area contributed by atoms with Crippen LogP contribution in [0.2, 0.25) is 0 Å². The summed E-state index contributed by atoms with van der Waals surface area (Å²) in [5, 5.41) is 10.1. The van der Waals surface area contributed by atoms with E-state index >= 15 is 0 Å². The van der Waals surface area contributed by atoms with Crippen LogP contribution >= 0.6 is 11.8 Å². The first-order chi connectivity index (χ1) is 9.81. The second-order valence-corrected chi connectivity index (χ2v) is 6.16. The van der Waals surface area contributed by atoms with Gasteiger partial charge >= 0.3 is 16.4 Å². The van der Waals surface area contributed by atoms with Crippen molar-refractivity contribution in [3.63, 3.8) is 0 Å². The Kier molecular flexibility index (Phi) is 4.38. The fraction of sp³-hybridized carbons (Fsp3) is 0.462. The molecule has 0 saturated heterocycles. The molecule has 7 nitrogen and oxygen atoms in total. The quantitative estimate of drug-likeness (QED) is 0.408. The van der Waals surface area contributed by atoms with E-state index in [4.69, 9.17) is 0 Å². The van der Waals surface area contributed by atoms with Crippen molar-refractivity contribution in [2.45, 2.75) is 31.7 Å². The van der Waals surface area contributed by atoms with Crippen molar-refractivity contribution in [3.8, 4) is 0 Å². The van der Waals surface area contributed by atoms with Crippen molar-refractivity contribution < 1.29 is 9.67 Å². The van der Waals surface area contributed by atoms with Crippen LogP contribution in [0.4, 0.5) is 0 Å². The summed E-state index contributed by atoms with van der Waals surface area (Å²) in [6.45, 7) is 7.89. The molecule has 3 N–H and O–H groups in total. The molecule has 0 saturated carbocycles. The van der Waals surface area contributed by atoms with E-state index in [1.807, 2.05) is 6.92 Å². The average molecular weight is 311 g/mol. The summed E-state index contributed by atoms with van der Waals surface area (Å²) in [6, 6.07) is 0. The van der Waals surface area contributed by atoms with Crippen LogP contribution in [-0.2, 0) is 13.6 Å². The minimum Gasteiger partial charge on any atom is -0.393 e. The first-order valence-electron chi connectivity index (χ1n) is 6.51. The summed E-state index contributed by atoms with van der Waals surface area (Å²) < 4.78 is 3.14. The van der Waals surface area contributed by atoms with Gasteiger partial charge in [-0.25, -0.2) is 14.3 Å². The molecular weight excluding hydrogens is 292 g/mol. The van der Waals surface area contributed by atoms with Gasteiger partial charge in [0.25, 0.3) is 11.2 Å². The first kappa shape index (κ1) is 15.6. The molecule has 2 aromatic heterocycles. The van der Waals surface area contributed by atoms with E-state index in [0.717, 1.165) is 5.57 Å². The van der Waals surface area contributed by atoms with Gasteiger partial charge in [0, 0.05) is 12.8 Å². The Morgan fingerprint density at radius 2 is 2.14 bits per heavy atom. The summed E-state index contributed by atoms with van der Waals surface area (Å²) in [5.41, 5.74) is 0.831. The van der Waals surface area contributed by atoms with Crippen molar-refractivity contribution in [2.75, 3.05) is 5.75 Å². The van der Waals surface area contributed by atoms with Gasteiger partial charge in [0.2, 0.25) is 0 Å². The number of aromatic amines is 2. The lowest BCUT2D eigenvalue weighted by atomic mass is 10.3. The molecule has 8 heteroatoms. The van der Waals surface area contributed by atoms with Crippen molar-refractivity contribution in [2.24, 2.45) is 7.05 Å². The summed E-state index contributed by atoms with van der Waals surface area (Å²) in [7, 11) is 1.59. The van der Waals surface area contributed by atoms with Gasteiger partial charge in [0.1, 0.15) is 6.54 Å².